The summed E-state index contributed by atoms with van der Waals surface area (Å²) < 4.78 is 7.08. The molecule has 0 spiro atoms. The van der Waals surface area contributed by atoms with E-state index in [9.17, 15) is 9.59 Å². The molecule has 1 N–H and O–H groups in total. The van der Waals surface area contributed by atoms with Crippen LogP contribution in [0.3, 0.4) is 0 Å². The molecule has 0 saturated heterocycles. The Morgan fingerprint density at radius 1 is 1.12 bits per heavy atom. The van der Waals surface area contributed by atoms with E-state index in [1.807, 2.05) is 12.1 Å². The maximum absolute atomic E-state index is 12.1. The van der Waals surface area contributed by atoms with E-state index in [2.05, 4.69) is 12.2 Å². The molecule has 0 unspecified atom stereocenters. The number of aryl methyl sites for hydroxylation is 1. The molecule has 5 nitrogen and oxygen atoms in total. The molecule has 0 aliphatic rings. The molecule has 0 bridgehead atoms. The summed E-state index contributed by atoms with van der Waals surface area (Å²) in [6, 6.07) is 10.8. The fourth-order valence-electron chi connectivity index (χ4n) is 2.49. The summed E-state index contributed by atoms with van der Waals surface area (Å²) >= 11 is 0. The van der Waals surface area contributed by atoms with Gasteiger partial charge in [-0.25, -0.2) is 0 Å². The van der Waals surface area contributed by atoms with Crippen LogP contribution in [0.2, 0.25) is 0 Å². The van der Waals surface area contributed by atoms with Crippen LogP contribution in [0.1, 0.15) is 38.2 Å². The van der Waals surface area contributed by atoms with Gasteiger partial charge in [0.25, 0.3) is 5.56 Å². The number of nitrogens with one attached hydrogen (secondary N) is 1. The van der Waals surface area contributed by atoms with Gasteiger partial charge in [0.2, 0.25) is 5.91 Å². The SMILES string of the molecule is CCCCCCOc1ccc(NC(=O)Cn2cccc(C)c2=O)cc1. The molecule has 1 amide bonds. The monoisotopic (exact) mass is 342 g/mol. The fraction of sp³-hybridized carbons (Fsp3) is 0.400. The molecule has 1 aromatic carbocycles. The first-order chi connectivity index (χ1) is 12.1. The highest BCUT2D eigenvalue weighted by molar-refractivity contribution is 5.90. The van der Waals surface area contributed by atoms with E-state index in [0.29, 0.717) is 17.9 Å². The second-order valence-electron chi connectivity index (χ2n) is 6.11. The van der Waals surface area contributed by atoms with Crippen LogP contribution in [0.4, 0.5) is 5.69 Å². The predicted octanol–water partition coefficient (Wildman–Crippen LogP) is 3.75. The van der Waals surface area contributed by atoms with Gasteiger partial charge in [0, 0.05) is 17.4 Å². The van der Waals surface area contributed by atoms with E-state index < -0.39 is 0 Å². The predicted molar refractivity (Wildman–Crippen MR) is 100 cm³/mol. The quantitative estimate of drug-likeness (QED) is 0.706. The van der Waals surface area contributed by atoms with Gasteiger partial charge in [-0.15, -0.1) is 0 Å². The highest BCUT2D eigenvalue weighted by Gasteiger charge is 2.06. The summed E-state index contributed by atoms with van der Waals surface area (Å²) in [5.41, 5.74) is 1.16. The number of benzene rings is 1. The fourth-order valence-corrected chi connectivity index (χ4v) is 2.49. The molecule has 134 valence electrons. The van der Waals surface area contributed by atoms with Crippen LogP contribution < -0.4 is 15.6 Å². The number of anilines is 1. The molecule has 0 aliphatic heterocycles. The minimum Gasteiger partial charge on any atom is -0.494 e. The topological polar surface area (TPSA) is 60.3 Å². The van der Waals surface area contributed by atoms with E-state index in [0.717, 1.165) is 12.2 Å². The van der Waals surface area contributed by atoms with E-state index >= 15 is 0 Å². The zero-order valence-electron chi connectivity index (χ0n) is 15.0. The van der Waals surface area contributed by atoms with Gasteiger partial charge in [-0.2, -0.15) is 0 Å². The van der Waals surface area contributed by atoms with Crippen molar-refractivity contribution < 1.29 is 9.53 Å². The Hall–Kier alpha value is -2.56. The number of carbonyl (C=O) groups excluding carboxylic acids is 1. The molecular weight excluding hydrogens is 316 g/mol. The number of nitrogens with zero attached hydrogens (tertiary/aromatic N) is 1. The van der Waals surface area contributed by atoms with Crippen molar-refractivity contribution in [3.05, 3.63) is 58.5 Å². The maximum Gasteiger partial charge on any atom is 0.253 e. The molecule has 1 heterocycles. The average molecular weight is 342 g/mol. The van der Waals surface area contributed by atoms with Gasteiger partial charge in [0.1, 0.15) is 12.3 Å². The lowest BCUT2D eigenvalue weighted by atomic mass is 10.2. The van der Waals surface area contributed by atoms with Crippen molar-refractivity contribution in [2.45, 2.75) is 46.1 Å². The largest absolute Gasteiger partial charge is 0.494 e. The summed E-state index contributed by atoms with van der Waals surface area (Å²) in [5, 5.41) is 2.79. The van der Waals surface area contributed by atoms with Crippen LogP contribution in [0, 0.1) is 6.92 Å². The zero-order chi connectivity index (χ0) is 18.1. The summed E-state index contributed by atoms with van der Waals surface area (Å²) in [6.45, 7) is 4.62. The molecule has 0 atom stereocenters. The standard InChI is InChI=1S/C20H26N2O3/c1-3-4-5-6-14-25-18-11-9-17(10-12-18)21-19(23)15-22-13-7-8-16(2)20(22)24/h7-13H,3-6,14-15H2,1-2H3,(H,21,23). The first kappa shape index (κ1) is 18.8. The number of hydrogen-bond acceptors (Lipinski definition) is 3. The number of hydrogen-bond donors (Lipinski definition) is 1. The van der Waals surface area contributed by atoms with Gasteiger partial charge < -0.3 is 14.6 Å². The van der Waals surface area contributed by atoms with E-state index in [4.69, 9.17) is 4.74 Å². The van der Waals surface area contributed by atoms with Crippen molar-refractivity contribution in [1.82, 2.24) is 4.57 Å². The lowest BCUT2D eigenvalue weighted by Gasteiger charge is -2.09. The summed E-state index contributed by atoms with van der Waals surface area (Å²) in [4.78, 5) is 24.0. The number of rotatable bonds is 9. The Bertz CT molecular complexity index is 735. The van der Waals surface area contributed by atoms with Crippen LogP contribution in [0.5, 0.6) is 5.75 Å². The Morgan fingerprint density at radius 3 is 2.60 bits per heavy atom. The Balaban J connectivity index is 1.83. The van der Waals surface area contributed by atoms with Gasteiger partial charge in [-0.1, -0.05) is 32.3 Å². The average Bonchev–Trinajstić information content (AvgIpc) is 2.60. The van der Waals surface area contributed by atoms with Crippen molar-refractivity contribution in [2.75, 3.05) is 11.9 Å². The Labute approximate surface area is 148 Å². The van der Waals surface area contributed by atoms with Gasteiger partial charge in [0.05, 0.1) is 6.61 Å². The third kappa shape index (κ3) is 6.10. The maximum atomic E-state index is 12.1. The van der Waals surface area contributed by atoms with Crippen LogP contribution in [0.15, 0.2) is 47.4 Å². The van der Waals surface area contributed by atoms with Gasteiger partial charge in [-0.05, 0) is 43.7 Å². The molecule has 0 saturated carbocycles. The summed E-state index contributed by atoms with van der Waals surface area (Å²) in [6.07, 6.45) is 6.30. The van der Waals surface area contributed by atoms with Crippen molar-refractivity contribution in [3.63, 3.8) is 0 Å². The first-order valence-corrected chi connectivity index (χ1v) is 8.79. The second-order valence-corrected chi connectivity index (χ2v) is 6.11. The summed E-state index contributed by atoms with van der Waals surface area (Å²) in [7, 11) is 0. The van der Waals surface area contributed by atoms with Crippen LogP contribution in [-0.2, 0) is 11.3 Å². The molecule has 0 fully saturated rings. The highest BCUT2D eigenvalue weighted by atomic mass is 16.5. The lowest BCUT2D eigenvalue weighted by Crippen LogP contribution is -2.28. The van der Waals surface area contributed by atoms with Gasteiger partial charge >= 0.3 is 0 Å². The van der Waals surface area contributed by atoms with Crippen molar-refractivity contribution in [2.24, 2.45) is 0 Å². The third-order valence-electron chi connectivity index (χ3n) is 3.93. The van der Waals surface area contributed by atoms with E-state index in [1.165, 1.54) is 23.8 Å². The summed E-state index contributed by atoms with van der Waals surface area (Å²) in [5.74, 6) is 0.560. The Morgan fingerprint density at radius 2 is 1.88 bits per heavy atom. The van der Waals surface area contributed by atoms with Gasteiger partial charge in [0.15, 0.2) is 0 Å². The number of unbranched alkanes of at least 4 members (excludes halogenated alkanes) is 3. The third-order valence-corrected chi connectivity index (χ3v) is 3.93. The Kier molecular flexibility index (Phi) is 7.26. The molecule has 5 heteroatoms. The van der Waals surface area contributed by atoms with Crippen LogP contribution in [-0.4, -0.2) is 17.1 Å². The molecule has 2 aromatic rings. The van der Waals surface area contributed by atoms with Gasteiger partial charge in [-0.3, -0.25) is 9.59 Å². The number of carbonyl (C=O) groups is 1. The van der Waals surface area contributed by atoms with Crippen molar-refractivity contribution in [3.8, 4) is 5.75 Å². The number of aromatic nitrogens is 1. The molecule has 0 radical (unpaired) electrons. The normalized spacial score (nSPS) is 10.5. The van der Waals surface area contributed by atoms with E-state index in [1.54, 1.807) is 37.4 Å². The number of amides is 1. The molecule has 25 heavy (non-hydrogen) atoms. The minimum absolute atomic E-state index is 0.00378. The minimum atomic E-state index is -0.235. The molecule has 0 aliphatic carbocycles. The molecule has 2 rings (SSSR count). The smallest absolute Gasteiger partial charge is 0.253 e. The number of pyridine rings is 1. The molecular formula is C20H26N2O3. The molecule has 1 aromatic heterocycles. The number of ether oxygens (including phenoxy) is 1. The van der Waals surface area contributed by atoms with Crippen molar-refractivity contribution >= 4 is 11.6 Å². The van der Waals surface area contributed by atoms with Crippen LogP contribution >= 0.6 is 0 Å². The van der Waals surface area contributed by atoms with E-state index in [-0.39, 0.29) is 18.0 Å². The highest BCUT2D eigenvalue weighted by Crippen LogP contribution is 2.16. The van der Waals surface area contributed by atoms with Crippen LogP contribution in [0.25, 0.3) is 0 Å². The lowest BCUT2D eigenvalue weighted by molar-refractivity contribution is -0.116. The second kappa shape index (κ2) is 9.67. The van der Waals surface area contributed by atoms with Crippen molar-refractivity contribution in [1.29, 1.82) is 0 Å². The zero-order valence-corrected chi connectivity index (χ0v) is 15.0. The first-order valence-electron chi connectivity index (χ1n) is 8.79.